The van der Waals surface area contributed by atoms with Gasteiger partial charge in [0.25, 0.3) is 0 Å². The van der Waals surface area contributed by atoms with Crippen molar-refractivity contribution in [3.63, 3.8) is 0 Å². The van der Waals surface area contributed by atoms with E-state index in [-0.39, 0.29) is 11.4 Å². The van der Waals surface area contributed by atoms with Crippen molar-refractivity contribution in [2.24, 2.45) is 5.73 Å². The molecule has 3 rings (SSSR count). The molecular weight excluding hydrogens is 303 g/mol. The molecular formula is C17H16F3N3. The highest BCUT2D eigenvalue weighted by Gasteiger charge is 2.20. The number of fused-ring (bicyclic) bond motifs is 1. The molecule has 2 aromatic carbocycles. The van der Waals surface area contributed by atoms with Gasteiger partial charge in [0.05, 0.1) is 16.6 Å². The Morgan fingerprint density at radius 3 is 2.43 bits per heavy atom. The number of nitrogens with zero attached hydrogens (tertiary/aromatic N) is 2. The van der Waals surface area contributed by atoms with E-state index in [1.807, 2.05) is 26.0 Å². The fourth-order valence-corrected chi connectivity index (χ4v) is 2.64. The van der Waals surface area contributed by atoms with Gasteiger partial charge in [-0.15, -0.1) is 0 Å². The van der Waals surface area contributed by atoms with E-state index in [4.69, 9.17) is 5.73 Å². The van der Waals surface area contributed by atoms with E-state index in [1.54, 1.807) is 4.57 Å². The molecule has 0 aliphatic heterocycles. The molecule has 2 N–H and O–H groups in total. The van der Waals surface area contributed by atoms with E-state index in [0.29, 0.717) is 18.6 Å². The molecule has 0 aliphatic carbocycles. The zero-order chi connectivity index (χ0) is 16.7. The average molecular weight is 319 g/mol. The number of halogens is 3. The summed E-state index contributed by atoms with van der Waals surface area (Å²) in [7, 11) is 0. The number of nitrogens with two attached hydrogens (primary N) is 1. The standard InChI is InChI=1S/C17H16F3N3/c1-9-7-13-14(8-10(9)2)23(6-5-21)17(22-13)11-3-4-12(18)16(20)15(11)19/h3-4,7-8H,5-6,21H2,1-2H3. The number of hydrogen-bond donors (Lipinski definition) is 1. The molecule has 23 heavy (non-hydrogen) atoms. The molecule has 0 bridgehead atoms. The van der Waals surface area contributed by atoms with E-state index in [9.17, 15) is 13.2 Å². The average Bonchev–Trinajstić information content (AvgIpc) is 2.84. The van der Waals surface area contributed by atoms with Crippen LogP contribution in [0.2, 0.25) is 0 Å². The van der Waals surface area contributed by atoms with Crippen molar-refractivity contribution in [1.82, 2.24) is 9.55 Å². The van der Waals surface area contributed by atoms with E-state index in [2.05, 4.69) is 4.98 Å². The Labute approximate surface area is 131 Å². The van der Waals surface area contributed by atoms with E-state index < -0.39 is 17.5 Å². The quantitative estimate of drug-likeness (QED) is 0.748. The van der Waals surface area contributed by atoms with Crippen LogP contribution >= 0.6 is 0 Å². The summed E-state index contributed by atoms with van der Waals surface area (Å²) >= 11 is 0. The highest BCUT2D eigenvalue weighted by molar-refractivity contribution is 5.82. The van der Waals surface area contributed by atoms with Crippen molar-refractivity contribution in [2.45, 2.75) is 20.4 Å². The van der Waals surface area contributed by atoms with Gasteiger partial charge in [0.15, 0.2) is 17.5 Å². The van der Waals surface area contributed by atoms with Gasteiger partial charge in [-0.2, -0.15) is 0 Å². The first-order chi connectivity index (χ1) is 10.9. The molecule has 0 radical (unpaired) electrons. The van der Waals surface area contributed by atoms with Crippen LogP contribution in [0.15, 0.2) is 24.3 Å². The lowest BCUT2D eigenvalue weighted by Crippen LogP contribution is -2.11. The molecule has 0 aliphatic rings. The Bertz CT molecular complexity index is 900. The third kappa shape index (κ3) is 2.49. The van der Waals surface area contributed by atoms with Gasteiger partial charge < -0.3 is 10.3 Å². The zero-order valence-corrected chi connectivity index (χ0v) is 12.8. The molecule has 3 nitrogen and oxygen atoms in total. The van der Waals surface area contributed by atoms with Crippen LogP contribution in [-0.4, -0.2) is 16.1 Å². The first kappa shape index (κ1) is 15.6. The van der Waals surface area contributed by atoms with Gasteiger partial charge in [0.2, 0.25) is 0 Å². The number of imidazole rings is 1. The zero-order valence-electron chi connectivity index (χ0n) is 12.8. The van der Waals surface area contributed by atoms with Crippen LogP contribution in [0.25, 0.3) is 22.4 Å². The van der Waals surface area contributed by atoms with Crippen molar-refractivity contribution in [3.05, 3.63) is 52.8 Å². The number of aryl methyl sites for hydroxylation is 2. The SMILES string of the molecule is Cc1cc2nc(-c3ccc(F)c(F)c3F)n(CCN)c2cc1C. The maximum absolute atomic E-state index is 14.2. The van der Waals surface area contributed by atoms with Crippen molar-refractivity contribution < 1.29 is 13.2 Å². The van der Waals surface area contributed by atoms with Crippen molar-refractivity contribution >= 4 is 11.0 Å². The summed E-state index contributed by atoms with van der Waals surface area (Å²) in [6.45, 7) is 4.63. The van der Waals surface area contributed by atoms with Gasteiger partial charge in [0, 0.05) is 13.1 Å². The molecule has 0 fully saturated rings. The Morgan fingerprint density at radius 2 is 1.74 bits per heavy atom. The van der Waals surface area contributed by atoms with Crippen LogP contribution in [0.1, 0.15) is 11.1 Å². The number of rotatable bonds is 3. The van der Waals surface area contributed by atoms with E-state index >= 15 is 0 Å². The van der Waals surface area contributed by atoms with Crippen molar-refractivity contribution in [2.75, 3.05) is 6.54 Å². The third-order valence-electron chi connectivity index (χ3n) is 3.99. The maximum atomic E-state index is 14.2. The summed E-state index contributed by atoms with van der Waals surface area (Å²) in [5, 5.41) is 0. The summed E-state index contributed by atoms with van der Waals surface area (Å²) in [5.41, 5.74) is 9.13. The van der Waals surface area contributed by atoms with Crippen LogP contribution in [0.3, 0.4) is 0 Å². The first-order valence-electron chi connectivity index (χ1n) is 7.25. The summed E-state index contributed by atoms with van der Waals surface area (Å²) < 4.78 is 42.6. The molecule has 6 heteroatoms. The van der Waals surface area contributed by atoms with Gasteiger partial charge in [-0.05, 0) is 49.2 Å². The molecule has 0 spiro atoms. The highest BCUT2D eigenvalue weighted by Crippen LogP contribution is 2.30. The largest absolute Gasteiger partial charge is 0.329 e. The second kappa shape index (κ2) is 5.70. The van der Waals surface area contributed by atoms with Crippen molar-refractivity contribution in [1.29, 1.82) is 0 Å². The van der Waals surface area contributed by atoms with Crippen LogP contribution in [0.4, 0.5) is 13.2 Å². The minimum Gasteiger partial charge on any atom is -0.329 e. The summed E-state index contributed by atoms with van der Waals surface area (Å²) in [6, 6.07) is 5.92. The maximum Gasteiger partial charge on any atom is 0.195 e. The lowest BCUT2D eigenvalue weighted by atomic mass is 10.1. The summed E-state index contributed by atoms with van der Waals surface area (Å²) in [4.78, 5) is 4.41. The molecule has 3 aromatic rings. The predicted octanol–water partition coefficient (Wildman–Crippen LogP) is 3.70. The Balaban J connectivity index is 2.33. The molecule has 1 heterocycles. The fourth-order valence-electron chi connectivity index (χ4n) is 2.64. The third-order valence-corrected chi connectivity index (χ3v) is 3.99. The summed E-state index contributed by atoms with van der Waals surface area (Å²) in [5.74, 6) is -3.72. The molecule has 0 unspecified atom stereocenters. The van der Waals surface area contributed by atoms with Crippen molar-refractivity contribution in [3.8, 4) is 11.4 Å². The van der Waals surface area contributed by atoms with Crippen LogP contribution < -0.4 is 5.73 Å². The molecule has 0 saturated heterocycles. The van der Waals surface area contributed by atoms with Crippen LogP contribution in [0.5, 0.6) is 0 Å². The first-order valence-corrected chi connectivity index (χ1v) is 7.25. The van der Waals surface area contributed by atoms with Gasteiger partial charge in [-0.25, -0.2) is 18.2 Å². The molecule has 0 amide bonds. The monoisotopic (exact) mass is 319 g/mol. The van der Waals surface area contributed by atoms with Gasteiger partial charge in [-0.1, -0.05) is 0 Å². The lowest BCUT2D eigenvalue weighted by Gasteiger charge is -2.09. The van der Waals surface area contributed by atoms with E-state index in [1.165, 1.54) is 6.07 Å². The Morgan fingerprint density at radius 1 is 1.04 bits per heavy atom. The minimum atomic E-state index is -1.50. The molecule has 1 aromatic heterocycles. The van der Waals surface area contributed by atoms with Gasteiger partial charge >= 0.3 is 0 Å². The number of aromatic nitrogens is 2. The summed E-state index contributed by atoms with van der Waals surface area (Å²) in [6.07, 6.45) is 0. The van der Waals surface area contributed by atoms with E-state index in [0.717, 1.165) is 22.7 Å². The fraction of sp³-hybridized carbons (Fsp3) is 0.235. The van der Waals surface area contributed by atoms with Gasteiger partial charge in [0.1, 0.15) is 5.82 Å². The van der Waals surface area contributed by atoms with Gasteiger partial charge in [-0.3, -0.25) is 0 Å². The molecule has 0 atom stereocenters. The number of hydrogen-bond acceptors (Lipinski definition) is 2. The predicted molar refractivity (Wildman–Crippen MR) is 83.6 cm³/mol. The Hall–Kier alpha value is -2.34. The smallest absolute Gasteiger partial charge is 0.195 e. The highest BCUT2D eigenvalue weighted by atomic mass is 19.2. The minimum absolute atomic E-state index is 0.0798. The second-order valence-corrected chi connectivity index (χ2v) is 5.52. The number of benzene rings is 2. The molecule has 0 saturated carbocycles. The second-order valence-electron chi connectivity index (χ2n) is 5.52. The topological polar surface area (TPSA) is 43.8 Å². The Kier molecular flexibility index (Phi) is 3.85. The normalized spacial score (nSPS) is 11.4. The van der Waals surface area contributed by atoms with Crippen LogP contribution in [0, 0.1) is 31.3 Å². The lowest BCUT2D eigenvalue weighted by molar-refractivity contribution is 0.448. The van der Waals surface area contributed by atoms with Crippen LogP contribution in [-0.2, 0) is 6.54 Å². The molecule has 120 valence electrons.